The Morgan fingerprint density at radius 2 is 1.90 bits per heavy atom. The smallest absolute Gasteiger partial charge is 0.234 e. The summed E-state index contributed by atoms with van der Waals surface area (Å²) in [5.74, 6) is 0.0713. The topological polar surface area (TPSA) is 50.2 Å². The Balaban J connectivity index is 1.30. The van der Waals surface area contributed by atoms with Gasteiger partial charge in [-0.3, -0.25) is 9.69 Å². The summed E-state index contributed by atoms with van der Waals surface area (Å²) in [7, 11) is 0. The van der Waals surface area contributed by atoms with Gasteiger partial charge in [-0.25, -0.2) is 4.68 Å². The SMILES string of the molecule is Cc1ccccc1CNC(=O)CN1CC=C(c2cnn(-c3ccccc3)c2)CC1. The van der Waals surface area contributed by atoms with Crippen molar-refractivity contribution in [2.75, 3.05) is 19.6 Å². The van der Waals surface area contributed by atoms with Crippen LogP contribution >= 0.6 is 0 Å². The highest BCUT2D eigenvalue weighted by Crippen LogP contribution is 2.22. The van der Waals surface area contributed by atoms with Gasteiger partial charge < -0.3 is 5.32 Å². The molecule has 5 nitrogen and oxygen atoms in total. The van der Waals surface area contributed by atoms with E-state index in [1.165, 1.54) is 11.1 Å². The molecule has 0 unspecified atom stereocenters. The molecule has 0 radical (unpaired) electrons. The van der Waals surface area contributed by atoms with E-state index in [9.17, 15) is 4.79 Å². The molecule has 1 N–H and O–H groups in total. The number of carbonyl (C=O) groups excluding carboxylic acids is 1. The van der Waals surface area contributed by atoms with E-state index in [1.54, 1.807) is 0 Å². The van der Waals surface area contributed by atoms with E-state index >= 15 is 0 Å². The summed E-state index contributed by atoms with van der Waals surface area (Å²) in [6, 6.07) is 18.3. The van der Waals surface area contributed by atoms with Crippen LogP contribution in [0.15, 0.2) is 73.1 Å². The third-order valence-electron chi connectivity index (χ3n) is 5.37. The molecule has 0 bridgehead atoms. The number of aromatic nitrogens is 2. The predicted molar refractivity (Wildman–Crippen MR) is 116 cm³/mol. The van der Waals surface area contributed by atoms with Gasteiger partial charge in [-0.05, 0) is 42.2 Å². The van der Waals surface area contributed by atoms with Gasteiger partial charge in [-0.2, -0.15) is 5.10 Å². The number of hydrogen-bond acceptors (Lipinski definition) is 3. The van der Waals surface area contributed by atoms with Crippen molar-refractivity contribution in [1.29, 1.82) is 0 Å². The van der Waals surface area contributed by atoms with Crippen LogP contribution in [0.3, 0.4) is 0 Å². The lowest BCUT2D eigenvalue weighted by atomic mass is 10.0. The fourth-order valence-corrected chi connectivity index (χ4v) is 3.59. The highest BCUT2D eigenvalue weighted by atomic mass is 16.2. The molecule has 0 saturated carbocycles. The van der Waals surface area contributed by atoms with Gasteiger partial charge in [0.2, 0.25) is 5.91 Å². The largest absolute Gasteiger partial charge is 0.351 e. The van der Waals surface area contributed by atoms with E-state index in [1.807, 2.05) is 53.3 Å². The molecule has 4 rings (SSSR count). The molecule has 0 aliphatic carbocycles. The molecule has 0 fully saturated rings. The minimum Gasteiger partial charge on any atom is -0.351 e. The summed E-state index contributed by atoms with van der Waals surface area (Å²) >= 11 is 0. The Morgan fingerprint density at radius 3 is 2.66 bits per heavy atom. The van der Waals surface area contributed by atoms with Crippen molar-refractivity contribution < 1.29 is 4.79 Å². The van der Waals surface area contributed by atoms with Crippen molar-refractivity contribution in [2.45, 2.75) is 19.9 Å². The monoisotopic (exact) mass is 386 g/mol. The summed E-state index contributed by atoms with van der Waals surface area (Å²) in [6.07, 6.45) is 7.13. The maximum atomic E-state index is 12.3. The predicted octanol–water partition coefficient (Wildman–Crippen LogP) is 3.59. The molecular formula is C24H26N4O. The van der Waals surface area contributed by atoms with E-state index in [-0.39, 0.29) is 5.91 Å². The van der Waals surface area contributed by atoms with E-state index in [2.05, 4.69) is 46.6 Å². The Labute approximate surface area is 171 Å². The van der Waals surface area contributed by atoms with Crippen LogP contribution in [0, 0.1) is 6.92 Å². The third kappa shape index (κ3) is 4.81. The van der Waals surface area contributed by atoms with Crippen LogP contribution < -0.4 is 5.32 Å². The first kappa shape index (κ1) is 19.2. The Hall–Kier alpha value is -3.18. The average Bonchev–Trinajstić information content (AvgIpc) is 3.25. The van der Waals surface area contributed by atoms with Crippen LogP contribution in [0.25, 0.3) is 11.3 Å². The van der Waals surface area contributed by atoms with Gasteiger partial charge in [-0.15, -0.1) is 0 Å². The van der Waals surface area contributed by atoms with Crippen molar-refractivity contribution in [3.63, 3.8) is 0 Å². The number of nitrogens with zero attached hydrogens (tertiary/aromatic N) is 3. The standard InChI is InChI=1S/C24H26N4O/c1-19-7-5-6-8-21(19)15-25-24(29)18-27-13-11-20(12-14-27)22-16-26-28(17-22)23-9-3-2-4-10-23/h2-11,16-17H,12-15,18H2,1H3,(H,25,29). The molecule has 148 valence electrons. The van der Waals surface area contributed by atoms with Crippen molar-refractivity contribution in [3.8, 4) is 5.69 Å². The van der Waals surface area contributed by atoms with Gasteiger partial charge in [0, 0.05) is 31.4 Å². The van der Waals surface area contributed by atoms with Crippen LogP contribution in [0.5, 0.6) is 0 Å². The summed E-state index contributed by atoms with van der Waals surface area (Å²) in [6.45, 7) is 4.74. The van der Waals surface area contributed by atoms with Gasteiger partial charge in [0.25, 0.3) is 0 Å². The minimum absolute atomic E-state index is 0.0713. The van der Waals surface area contributed by atoms with Crippen molar-refractivity contribution in [1.82, 2.24) is 20.0 Å². The Bertz CT molecular complexity index is 1010. The number of rotatable bonds is 6. The molecule has 0 atom stereocenters. The van der Waals surface area contributed by atoms with Crippen molar-refractivity contribution in [3.05, 3.63) is 89.8 Å². The number of benzene rings is 2. The van der Waals surface area contributed by atoms with Gasteiger partial charge in [0.05, 0.1) is 18.4 Å². The summed E-state index contributed by atoms with van der Waals surface area (Å²) in [5, 5.41) is 7.52. The molecule has 2 aromatic carbocycles. The van der Waals surface area contributed by atoms with Crippen molar-refractivity contribution in [2.24, 2.45) is 0 Å². The van der Waals surface area contributed by atoms with E-state index < -0.39 is 0 Å². The molecular weight excluding hydrogens is 360 g/mol. The van der Waals surface area contributed by atoms with Crippen LogP contribution in [0.4, 0.5) is 0 Å². The first-order valence-electron chi connectivity index (χ1n) is 10.0. The molecule has 1 aliphatic heterocycles. The average molecular weight is 386 g/mol. The minimum atomic E-state index is 0.0713. The number of para-hydroxylation sites is 1. The number of amides is 1. The summed E-state index contributed by atoms with van der Waals surface area (Å²) < 4.78 is 1.90. The molecule has 1 aliphatic rings. The molecule has 1 aromatic heterocycles. The van der Waals surface area contributed by atoms with Crippen LogP contribution in [0.1, 0.15) is 23.1 Å². The van der Waals surface area contributed by atoms with Crippen LogP contribution in [-0.4, -0.2) is 40.2 Å². The number of aryl methyl sites for hydroxylation is 1. The van der Waals surface area contributed by atoms with Gasteiger partial charge in [0.15, 0.2) is 0 Å². The second kappa shape index (κ2) is 8.88. The van der Waals surface area contributed by atoms with Crippen LogP contribution in [-0.2, 0) is 11.3 Å². The normalized spacial score (nSPS) is 14.4. The first-order chi connectivity index (χ1) is 14.2. The van der Waals surface area contributed by atoms with E-state index in [0.717, 1.165) is 36.3 Å². The van der Waals surface area contributed by atoms with E-state index in [0.29, 0.717) is 13.1 Å². The number of carbonyl (C=O) groups is 1. The van der Waals surface area contributed by atoms with Gasteiger partial charge >= 0.3 is 0 Å². The molecule has 2 heterocycles. The highest BCUT2D eigenvalue weighted by Gasteiger charge is 2.16. The van der Waals surface area contributed by atoms with Gasteiger partial charge in [-0.1, -0.05) is 48.5 Å². The second-order valence-electron chi connectivity index (χ2n) is 7.43. The maximum Gasteiger partial charge on any atom is 0.234 e. The fourth-order valence-electron chi connectivity index (χ4n) is 3.59. The summed E-state index contributed by atoms with van der Waals surface area (Å²) in [4.78, 5) is 14.5. The molecule has 0 spiro atoms. The lowest BCUT2D eigenvalue weighted by molar-refractivity contribution is -0.122. The maximum absolute atomic E-state index is 12.3. The molecule has 5 heteroatoms. The van der Waals surface area contributed by atoms with E-state index in [4.69, 9.17) is 0 Å². The third-order valence-corrected chi connectivity index (χ3v) is 5.37. The number of hydrogen-bond donors (Lipinski definition) is 1. The Morgan fingerprint density at radius 1 is 1.10 bits per heavy atom. The highest BCUT2D eigenvalue weighted by molar-refractivity contribution is 5.78. The molecule has 0 saturated heterocycles. The lowest BCUT2D eigenvalue weighted by Crippen LogP contribution is -2.39. The lowest BCUT2D eigenvalue weighted by Gasteiger charge is -2.25. The van der Waals surface area contributed by atoms with Gasteiger partial charge in [0.1, 0.15) is 0 Å². The second-order valence-corrected chi connectivity index (χ2v) is 7.43. The zero-order valence-corrected chi connectivity index (χ0v) is 16.7. The molecule has 3 aromatic rings. The van der Waals surface area contributed by atoms with Crippen LogP contribution in [0.2, 0.25) is 0 Å². The zero-order valence-electron chi connectivity index (χ0n) is 16.7. The Kier molecular flexibility index (Phi) is 5.86. The number of nitrogens with one attached hydrogen (secondary N) is 1. The fraction of sp³-hybridized carbons (Fsp3) is 0.250. The molecule has 1 amide bonds. The summed E-state index contributed by atoms with van der Waals surface area (Å²) in [5.41, 5.74) is 5.87. The first-order valence-corrected chi connectivity index (χ1v) is 10.0. The quantitative estimate of drug-likeness (QED) is 0.704. The molecule has 29 heavy (non-hydrogen) atoms. The zero-order chi connectivity index (χ0) is 20.1. The van der Waals surface area contributed by atoms with Crippen molar-refractivity contribution >= 4 is 11.5 Å².